The van der Waals surface area contributed by atoms with Crippen LogP contribution in [0.3, 0.4) is 0 Å². The van der Waals surface area contributed by atoms with Gasteiger partial charge in [-0.2, -0.15) is 0 Å². The first kappa shape index (κ1) is 39.6. The minimum atomic E-state index is -1.10. The molecule has 7 aliphatic rings. The van der Waals surface area contributed by atoms with Crippen LogP contribution in [-0.2, 0) is 42.7 Å². The first-order chi connectivity index (χ1) is 25.4. The van der Waals surface area contributed by atoms with Crippen molar-refractivity contribution in [3.8, 4) is 0 Å². The van der Waals surface area contributed by atoms with E-state index in [0.29, 0.717) is 32.1 Å². The van der Waals surface area contributed by atoms with Crippen LogP contribution in [0.2, 0.25) is 0 Å². The molecule has 7 heterocycles. The van der Waals surface area contributed by atoms with Crippen LogP contribution in [0, 0.1) is 11.8 Å². The summed E-state index contributed by atoms with van der Waals surface area (Å²) in [5, 5.41) is 42.6. The summed E-state index contributed by atoms with van der Waals surface area (Å²) >= 11 is 0. The van der Waals surface area contributed by atoms with E-state index in [1.807, 2.05) is 0 Å². The Labute approximate surface area is 312 Å². The minimum absolute atomic E-state index is 0.00643. The van der Waals surface area contributed by atoms with E-state index in [4.69, 9.17) is 33.2 Å². The van der Waals surface area contributed by atoms with Gasteiger partial charge in [0.1, 0.15) is 42.1 Å². The number of Topliss-reactive ketones (excluding diaryl/α,β-unsaturated/α-hetero) is 2. The highest BCUT2D eigenvalue weighted by molar-refractivity contribution is 5.79. The van der Waals surface area contributed by atoms with Gasteiger partial charge in [0, 0.05) is 51.6 Å². The Morgan fingerprint density at radius 3 is 2.23 bits per heavy atom. The van der Waals surface area contributed by atoms with Crippen molar-refractivity contribution in [3.63, 3.8) is 0 Å². The smallest absolute Gasteiger partial charge is 0.135 e. The summed E-state index contributed by atoms with van der Waals surface area (Å²) in [4.78, 5) is 27.0. The van der Waals surface area contributed by atoms with Crippen molar-refractivity contribution in [2.45, 2.75) is 188 Å². The van der Waals surface area contributed by atoms with Crippen molar-refractivity contribution in [3.05, 3.63) is 24.3 Å². The molecule has 7 saturated heterocycles. The van der Waals surface area contributed by atoms with Gasteiger partial charge >= 0.3 is 0 Å². The predicted octanol–water partition coefficient (Wildman–Crippen LogP) is 2.27. The first-order valence-electron chi connectivity index (χ1n) is 19.9. The van der Waals surface area contributed by atoms with E-state index in [2.05, 4.69) is 20.1 Å². The van der Waals surface area contributed by atoms with Crippen LogP contribution in [0.25, 0.3) is 0 Å². The van der Waals surface area contributed by atoms with Crippen molar-refractivity contribution < 1.29 is 63.2 Å². The van der Waals surface area contributed by atoms with Crippen LogP contribution in [0.1, 0.15) is 90.4 Å². The molecular formula is C40H60O13. The quantitative estimate of drug-likeness (QED) is 0.308. The largest absolute Gasteiger partial charge is 0.394 e. The van der Waals surface area contributed by atoms with Gasteiger partial charge in [0.25, 0.3) is 0 Å². The Bertz CT molecular complexity index is 1340. The lowest BCUT2D eigenvalue weighted by Crippen LogP contribution is -2.61. The number of rotatable bonds is 4. The number of hydrogen-bond donors (Lipinski definition) is 4. The molecule has 0 spiro atoms. The summed E-state index contributed by atoms with van der Waals surface area (Å²) in [6.45, 7) is 10.4. The van der Waals surface area contributed by atoms with Gasteiger partial charge in [-0.15, -0.1) is 0 Å². The summed E-state index contributed by atoms with van der Waals surface area (Å²) in [6, 6.07) is 0. The number of ether oxygens (including phenoxy) is 7. The average molecular weight is 749 g/mol. The number of methoxy groups -OCH3 is 1. The zero-order valence-electron chi connectivity index (χ0n) is 31.2. The molecule has 0 aromatic heterocycles. The first-order valence-corrected chi connectivity index (χ1v) is 19.9. The highest BCUT2D eigenvalue weighted by atomic mass is 16.6. The van der Waals surface area contributed by atoms with E-state index < -0.39 is 79.9 Å². The molecule has 7 fully saturated rings. The Morgan fingerprint density at radius 2 is 1.45 bits per heavy atom. The van der Waals surface area contributed by atoms with E-state index in [1.165, 1.54) is 0 Å². The van der Waals surface area contributed by atoms with E-state index in [1.54, 1.807) is 7.11 Å². The summed E-state index contributed by atoms with van der Waals surface area (Å²) in [7, 11) is 1.58. The third kappa shape index (κ3) is 8.56. The zero-order chi connectivity index (χ0) is 37.6. The van der Waals surface area contributed by atoms with Crippen LogP contribution < -0.4 is 0 Å². The average Bonchev–Trinajstić information content (AvgIpc) is 3.76. The highest BCUT2D eigenvalue weighted by Crippen LogP contribution is 2.43. The summed E-state index contributed by atoms with van der Waals surface area (Å²) in [6.07, 6.45) is -3.55. The predicted molar refractivity (Wildman–Crippen MR) is 189 cm³/mol. The molecular weight excluding hydrogens is 688 g/mol. The number of carbonyl (C=O) groups is 2. The molecule has 7 aliphatic heterocycles. The number of fused-ring (bicyclic) bond motifs is 7. The minimum Gasteiger partial charge on any atom is -0.394 e. The Kier molecular flexibility index (Phi) is 12.6. The van der Waals surface area contributed by atoms with Crippen LogP contribution in [0.4, 0.5) is 0 Å². The lowest BCUT2D eigenvalue weighted by atomic mass is 9.81. The van der Waals surface area contributed by atoms with E-state index >= 15 is 0 Å². The summed E-state index contributed by atoms with van der Waals surface area (Å²) in [5.41, 5.74) is 2.00. The maximum absolute atomic E-state index is 13.9. The molecule has 0 aromatic carbocycles. The molecule has 0 saturated carbocycles. The fourth-order valence-electron chi connectivity index (χ4n) is 10.1. The second kappa shape index (κ2) is 16.9. The van der Waals surface area contributed by atoms with Crippen LogP contribution in [-0.4, -0.2) is 143 Å². The van der Waals surface area contributed by atoms with Crippen molar-refractivity contribution in [2.75, 3.05) is 13.7 Å². The van der Waals surface area contributed by atoms with Gasteiger partial charge in [-0.1, -0.05) is 20.1 Å². The van der Waals surface area contributed by atoms with Crippen LogP contribution in [0.15, 0.2) is 24.3 Å². The second-order valence-corrected chi connectivity index (χ2v) is 16.8. The number of ketones is 2. The summed E-state index contributed by atoms with van der Waals surface area (Å²) < 4.78 is 44.3. The fraction of sp³-hybridized carbons (Fsp3) is 0.850. The van der Waals surface area contributed by atoms with Crippen molar-refractivity contribution in [2.24, 2.45) is 11.8 Å². The highest BCUT2D eigenvalue weighted by Gasteiger charge is 2.57. The van der Waals surface area contributed by atoms with Crippen LogP contribution >= 0.6 is 0 Å². The van der Waals surface area contributed by atoms with Crippen molar-refractivity contribution >= 4 is 11.6 Å². The van der Waals surface area contributed by atoms with Gasteiger partial charge in [0.15, 0.2) is 0 Å². The van der Waals surface area contributed by atoms with Gasteiger partial charge in [-0.3, -0.25) is 9.59 Å². The molecule has 53 heavy (non-hydrogen) atoms. The number of aliphatic hydroxyl groups excluding tert-OH is 4. The molecule has 13 nitrogen and oxygen atoms in total. The molecule has 18 atom stereocenters. The monoisotopic (exact) mass is 748 g/mol. The molecule has 0 radical (unpaired) electrons. The molecule has 13 heteroatoms. The molecule has 0 aromatic rings. The van der Waals surface area contributed by atoms with E-state index in [9.17, 15) is 30.0 Å². The second-order valence-electron chi connectivity index (χ2n) is 16.8. The third-order valence-corrected chi connectivity index (χ3v) is 13.1. The molecule has 4 N–H and O–H groups in total. The summed E-state index contributed by atoms with van der Waals surface area (Å²) in [5.74, 6) is -0.221. The van der Waals surface area contributed by atoms with Gasteiger partial charge in [-0.05, 0) is 62.0 Å². The Balaban J connectivity index is 1.11. The lowest BCUT2D eigenvalue weighted by molar-refractivity contribution is -0.259. The Morgan fingerprint density at radius 1 is 0.736 bits per heavy atom. The molecule has 8 bridgehead atoms. The number of hydrogen-bond acceptors (Lipinski definition) is 13. The Hall–Kier alpha value is -1.62. The van der Waals surface area contributed by atoms with E-state index in [-0.39, 0.29) is 79.9 Å². The molecule has 7 rings (SSSR count). The fourth-order valence-corrected chi connectivity index (χ4v) is 10.1. The van der Waals surface area contributed by atoms with Gasteiger partial charge in [0.2, 0.25) is 0 Å². The van der Waals surface area contributed by atoms with Crippen molar-refractivity contribution in [1.29, 1.82) is 0 Å². The van der Waals surface area contributed by atoms with Gasteiger partial charge in [-0.25, -0.2) is 0 Å². The maximum Gasteiger partial charge on any atom is 0.135 e. The lowest BCUT2D eigenvalue weighted by Gasteiger charge is -2.46. The van der Waals surface area contributed by atoms with E-state index in [0.717, 1.165) is 30.4 Å². The number of aliphatic hydroxyl groups is 4. The SMILES string of the molecule is C=C1C[C@@H]2CCC(=O)CC3O[C@@H]4C(O[C@H]5CC[C@H](CC(=O)C[C@@H]6[C@@H](OC)[C@@H](C[C@H](O)CO)O[C@H]6C[C@H]6O[C@@H](CC[C@@H]1O2)CC(C)C6=C)O[C@@H]5[C@@H]4O)[C@H]3O. The molecule has 0 aliphatic carbocycles. The molecule has 3 unspecified atom stereocenters. The normalized spacial score (nSPS) is 47.7. The van der Waals surface area contributed by atoms with Gasteiger partial charge < -0.3 is 53.6 Å². The van der Waals surface area contributed by atoms with Crippen LogP contribution in [0.5, 0.6) is 0 Å². The third-order valence-electron chi connectivity index (χ3n) is 13.1. The topological polar surface area (TPSA) is 180 Å². The van der Waals surface area contributed by atoms with Gasteiger partial charge in [0.05, 0.1) is 73.8 Å². The molecule has 298 valence electrons. The van der Waals surface area contributed by atoms with Crippen molar-refractivity contribution in [1.82, 2.24) is 0 Å². The standard InChI is InChI=1S/C40H60O13/c1-19-11-26-7-9-29-20(2)12-25(48-29)6-5-22(42)15-33-35(45)39-40(53-33)36(46)38-30(52-39)10-8-27(50-38)13-23(43)14-28-32(17-31(49-26)21(19)3)51-34(37(28)47-4)16-24(44)18-41/h19,24-41,44-46H,2-3,5-18H2,1,4H3/t19?,24-,25-,26-,27+,28-,29-,30-,31+,32-,33?,34+,35-,36-,37+,38-,39?,40-/m0/s1. The zero-order valence-corrected chi connectivity index (χ0v) is 31.2. The molecule has 0 amide bonds. The number of carbonyl (C=O) groups excluding carboxylic acids is 2. The maximum atomic E-state index is 13.9.